The van der Waals surface area contributed by atoms with Crippen LogP contribution in [0.2, 0.25) is 0 Å². The standard InChI is InChI=1S/C29H32O7/c1-31-24-15-13-23(14-16-24)20-34-27-26(33-18-21-9-5-3-6-10-21)25(17-30)36-29(32-2)28(27)35-19-22-11-7-4-8-12-22/h3-17,25-29H,18-20H2,1-2H3/t25-,26-,27+,28-,29+/m1/s1. The molecule has 0 radical (unpaired) electrons. The lowest BCUT2D eigenvalue weighted by Crippen LogP contribution is -2.61. The minimum atomic E-state index is -0.879. The van der Waals surface area contributed by atoms with Gasteiger partial charge in [0.1, 0.15) is 30.2 Å². The summed E-state index contributed by atoms with van der Waals surface area (Å²) in [6.45, 7) is 0.909. The number of rotatable bonds is 12. The van der Waals surface area contributed by atoms with E-state index in [-0.39, 0.29) is 6.61 Å². The number of carbonyl (C=O) groups is 1. The van der Waals surface area contributed by atoms with E-state index in [9.17, 15) is 4.79 Å². The Morgan fingerprint density at radius 2 is 1.17 bits per heavy atom. The van der Waals surface area contributed by atoms with Crippen molar-refractivity contribution in [2.45, 2.75) is 50.5 Å². The first kappa shape index (κ1) is 26.0. The highest BCUT2D eigenvalue weighted by molar-refractivity contribution is 5.57. The Hall–Kier alpha value is -3.07. The van der Waals surface area contributed by atoms with E-state index in [0.717, 1.165) is 28.7 Å². The lowest BCUT2D eigenvalue weighted by atomic mass is 9.98. The molecule has 4 rings (SSSR count). The molecule has 0 amide bonds. The van der Waals surface area contributed by atoms with Crippen LogP contribution in [0.15, 0.2) is 84.9 Å². The highest BCUT2D eigenvalue weighted by Gasteiger charge is 2.48. The number of ether oxygens (including phenoxy) is 6. The van der Waals surface area contributed by atoms with Crippen molar-refractivity contribution in [2.75, 3.05) is 14.2 Å². The second-order valence-electron chi connectivity index (χ2n) is 8.49. The molecule has 0 bridgehead atoms. The van der Waals surface area contributed by atoms with Gasteiger partial charge in [0, 0.05) is 7.11 Å². The van der Waals surface area contributed by atoms with Crippen molar-refractivity contribution in [3.05, 3.63) is 102 Å². The van der Waals surface area contributed by atoms with E-state index in [2.05, 4.69) is 0 Å². The van der Waals surface area contributed by atoms with Crippen LogP contribution in [0.1, 0.15) is 16.7 Å². The zero-order chi connectivity index (χ0) is 25.2. The van der Waals surface area contributed by atoms with Gasteiger partial charge in [0.15, 0.2) is 12.6 Å². The molecule has 1 fully saturated rings. The van der Waals surface area contributed by atoms with Crippen LogP contribution in [0.25, 0.3) is 0 Å². The molecule has 0 aromatic heterocycles. The molecule has 36 heavy (non-hydrogen) atoms. The number of hydrogen-bond acceptors (Lipinski definition) is 7. The van der Waals surface area contributed by atoms with Gasteiger partial charge in [-0.1, -0.05) is 72.8 Å². The summed E-state index contributed by atoms with van der Waals surface area (Å²) < 4.78 is 35.7. The average Bonchev–Trinajstić information content (AvgIpc) is 2.95. The Morgan fingerprint density at radius 3 is 1.67 bits per heavy atom. The zero-order valence-electron chi connectivity index (χ0n) is 20.5. The summed E-state index contributed by atoms with van der Waals surface area (Å²) in [5.74, 6) is 0.762. The van der Waals surface area contributed by atoms with Crippen molar-refractivity contribution in [1.29, 1.82) is 0 Å². The van der Waals surface area contributed by atoms with Crippen molar-refractivity contribution >= 4 is 6.29 Å². The largest absolute Gasteiger partial charge is 0.497 e. The van der Waals surface area contributed by atoms with Gasteiger partial charge in [-0.15, -0.1) is 0 Å². The van der Waals surface area contributed by atoms with Crippen LogP contribution in [0.4, 0.5) is 0 Å². The van der Waals surface area contributed by atoms with Crippen LogP contribution in [0, 0.1) is 0 Å². The molecule has 7 heteroatoms. The van der Waals surface area contributed by atoms with Crippen LogP contribution in [0.5, 0.6) is 5.75 Å². The van der Waals surface area contributed by atoms with Crippen LogP contribution < -0.4 is 4.74 Å². The molecular formula is C29H32O7. The van der Waals surface area contributed by atoms with Gasteiger partial charge in [-0.05, 0) is 28.8 Å². The van der Waals surface area contributed by atoms with E-state index in [1.807, 2.05) is 84.9 Å². The molecule has 3 aromatic carbocycles. The lowest BCUT2D eigenvalue weighted by molar-refractivity contribution is -0.309. The molecule has 0 aliphatic carbocycles. The smallest absolute Gasteiger partial charge is 0.187 e. The Balaban J connectivity index is 1.56. The maximum Gasteiger partial charge on any atom is 0.187 e. The monoisotopic (exact) mass is 492 g/mol. The SMILES string of the molecule is COc1ccc(CO[C@@H]2[C@@H](OCc3ccccc3)[C@@H](OC)O[C@H](C=O)[C@H]2OCc2ccccc2)cc1. The minimum absolute atomic E-state index is 0.285. The highest BCUT2D eigenvalue weighted by atomic mass is 16.7. The topological polar surface area (TPSA) is 72.5 Å². The summed E-state index contributed by atoms with van der Waals surface area (Å²) in [6, 6.07) is 27.2. The molecule has 1 aliphatic heterocycles. The fourth-order valence-electron chi connectivity index (χ4n) is 4.14. The molecule has 0 N–H and O–H groups in total. The van der Waals surface area contributed by atoms with Gasteiger partial charge in [0.05, 0.1) is 26.9 Å². The molecule has 7 nitrogen and oxygen atoms in total. The van der Waals surface area contributed by atoms with Crippen molar-refractivity contribution in [3.63, 3.8) is 0 Å². The van der Waals surface area contributed by atoms with Gasteiger partial charge < -0.3 is 33.2 Å². The fraction of sp³-hybridized carbons (Fsp3) is 0.345. The summed E-state index contributed by atoms with van der Waals surface area (Å²) in [4.78, 5) is 12.0. The molecule has 1 aliphatic rings. The van der Waals surface area contributed by atoms with E-state index >= 15 is 0 Å². The number of hydrogen-bond donors (Lipinski definition) is 0. The predicted octanol–water partition coefficient (Wildman–Crippen LogP) is 4.32. The first-order valence-electron chi connectivity index (χ1n) is 11.9. The van der Waals surface area contributed by atoms with E-state index in [4.69, 9.17) is 28.4 Å². The Labute approximate surface area is 211 Å². The van der Waals surface area contributed by atoms with Gasteiger partial charge in [-0.3, -0.25) is 0 Å². The Kier molecular flexibility index (Phi) is 9.61. The molecule has 190 valence electrons. The fourth-order valence-corrected chi connectivity index (χ4v) is 4.14. The average molecular weight is 493 g/mol. The van der Waals surface area contributed by atoms with Gasteiger partial charge in [0.2, 0.25) is 0 Å². The van der Waals surface area contributed by atoms with Gasteiger partial charge in [-0.25, -0.2) is 0 Å². The van der Waals surface area contributed by atoms with Crippen LogP contribution in [-0.2, 0) is 48.3 Å². The molecule has 5 atom stereocenters. The first-order valence-corrected chi connectivity index (χ1v) is 11.9. The number of carbonyl (C=O) groups excluding carboxylic acids is 1. The number of aldehydes is 1. The maximum absolute atomic E-state index is 12.0. The van der Waals surface area contributed by atoms with Crippen molar-refractivity contribution in [3.8, 4) is 5.75 Å². The van der Waals surface area contributed by atoms with E-state index < -0.39 is 30.7 Å². The third kappa shape index (κ3) is 6.78. The second kappa shape index (κ2) is 13.3. The summed E-state index contributed by atoms with van der Waals surface area (Å²) in [6.07, 6.45) is -2.91. The van der Waals surface area contributed by atoms with E-state index in [1.165, 1.54) is 7.11 Å². The molecule has 1 saturated heterocycles. The molecule has 0 saturated carbocycles. The van der Waals surface area contributed by atoms with Crippen molar-refractivity contribution < 1.29 is 33.2 Å². The number of benzene rings is 3. The highest BCUT2D eigenvalue weighted by Crippen LogP contribution is 2.30. The normalized spacial score (nSPS) is 23.8. The second-order valence-corrected chi connectivity index (χ2v) is 8.49. The summed E-state index contributed by atoms with van der Waals surface area (Å²) in [5.41, 5.74) is 2.93. The Morgan fingerprint density at radius 1 is 0.667 bits per heavy atom. The van der Waals surface area contributed by atoms with Gasteiger partial charge in [0.25, 0.3) is 0 Å². The Bertz CT molecular complexity index is 1040. The maximum atomic E-state index is 12.0. The van der Waals surface area contributed by atoms with E-state index in [1.54, 1.807) is 7.11 Å². The summed E-state index contributed by atoms with van der Waals surface area (Å²) in [7, 11) is 3.15. The predicted molar refractivity (Wildman–Crippen MR) is 133 cm³/mol. The first-order chi connectivity index (χ1) is 17.7. The molecule has 0 spiro atoms. The summed E-state index contributed by atoms with van der Waals surface area (Å²) in [5, 5.41) is 0. The third-order valence-electron chi connectivity index (χ3n) is 6.07. The van der Waals surface area contributed by atoms with Crippen LogP contribution in [0.3, 0.4) is 0 Å². The van der Waals surface area contributed by atoms with Crippen LogP contribution >= 0.6 is 0 Å². The zero-order valence-corrected chi connectivity index (χ0v) is 20.5. The number of methoxy groups -OCH3 is 2. The van der Waals surface area contributed by atoms with E-state index in [0.29, 0.717) is 13.2 Å². The molecule has 0 unspecified atom stereocenters. The minimum Gasteiger partial charge on any atom is -0.497 e. The van der Waals surface area contributed by atoms with Crippen molar-refractivity contribution in [1.82, 2.24) is 0 Å². The molecule has 1 heterocycles. The van der Waals surface area contributed by atoms with Crippen molar-refractivity contribution in [2.24, 2.45) is 0 Å². The molecule has 3 aromatic rings. The lowest BCUT2D eigenvalue weighted by Gasteiger charge is -2.44. The quantitative estimate of drug-likeness (QED) is 0.349. The third-order valence-corrected chi connectivity index (χ3v) is 6.07. The summed E-state index contributed by atoms with van der Waals surface area (Å²) >= 11 is 0. The van der Waals surface area contributed by atoms with Gasteiger partial charge >= 0.3 is 0 Å². The van der Waals surface area contributed by atoms with Gasteiger partial charge in [-0.2, -0.15) is 0 Å². The molecular weight excluding hydrogens is 460 g/mol. The van der Waals surface area contributed by atoms with Crippen LogP contribution in [-0.4, -0.2) is 51.2 Å².